The van der Waals surface area contributed by atoms with Crippen molar-refractivity contribution in [1.29, 1.82) is 0 Å². The SMILES string of the molecule is C/C=C/Cc1nnc(C(=O)N(C)CC2CCCCO2)o1. The standard InChI is InChI=1S/C14H21N3O3/c1-3-4-8-12-15-16-13(20-12)14(18)17(2)10-11-7-5-6-9-19-11/h3-4,11H,5-10H2,1-2H3/b4-3+. The molecule has 2 heterocycles. The minimum atomic E-state index is -0.251. The summed E-state index contributed by atoms with van der Waals surface area (Å²) in [6.45, 7) is 3.26. The molecule has 1 aliphatic rings. The second kappa shape index (κ2) is 7.19. The number of ether oxygens (including phenoxy) is 1. The monoisotopic (exact) mass is 279 g/mol. The Morgan fingerprint density at radius 1 is 1.45 bits per heavy atom. The third-order valence-corrected chi connectivity index (χ3v) is 3.28. The van der Waals surface area contributed by atoms with Gasteiger partial charge in [-0.25, -0.2) is 0 Å². The third kappa shape index (κ3) is 3.90. The number of hydrogen-bond donors (Lipinski definition) is 0. The smallest absolute Gasteiger partial charge is 0.311 e. The van der Waals surface area contributed by atoms with E-state index in [-0.39, 0.29) is 17.9 Å². The van der Waals surface area contributed by atoms with E-state index in [2.05, 4.69) is 10.2 Å². The molecule has 1 aromatic rings. The van der Waals surface area contributed by atoms with Gasteiger partial charge in [0.05, 0.1) is 6.10 Å². The summed E-state index contributed by atoms with van der Waals surface area (Å²) in [5.41, 5.74) is 0. The predicted octanol–water partition coefficient (Wildman–Crippen LogP) is 1.83. The van der Waals surface area contributed by atoms with Gasteiger partial charge < -0.3 is 14.1 Å². The lowest BCUT2D eigenvalue weighted by Crippen LogP contribution is -2.37. The first kappa shape index (κ1) is 14.7. The highest BCUT2D eigenvalue weighted by molar-refractivity contribution is 5.89. The molecule has 1 fully saturated rings. The molecule has 0 bridgehead atoms. The third-order valence-electron chi connectivity index (χ3n) is 3.28. The minimum absolute atomic E-state index is 0.0443. The zero-order chi connectivity index (χ0) is 14.4. The van der Waals surface area contributed by atoms with E-state index in [0.717, 1.165) is 25.9 Å². The van der Waals surface area contributed by atoms with E-state index in [9.17, 15) is 4.79 Å². The summed E-state index contributed by atoms with van der Waals surface area (Å²) in [6, 6.07) is 0. The van der Waals surface area contributed by atoms with Crippen molar-refractivity contribution in [3.05, 3.63) is 23.9 Å². The summed E-state index contributed by atoms with van der Waals surface area (Å²) < 4.78 is 11.0. The number of hydrogen-bond acceptors (Lipinski definition) is 5. The molecule has 0 N–H and O–H groups in total. The zero-order valence-electron chi connectivity index (χ0n) is 12.0. The average molecular weight is 279 g/mol. The first-order valence-electron chi connectivity index (χ1n) is 7.01. The van der Waals surface area contributed by atoms with Gasteiger partial charge in [-0.15, -0.1) is 10.2 Å². The highest BCUT2D eigenvalue weighted by Crippen LogP contribution is 2.14. The van der Waals surface area contributed by atoms with Gasteiger partial charge >= 0.3 is 11.8 Å². The molecule has 6 nitrogen and oxygen atoms in total. The molecule has 1 amide bonds. The summed E-state index contributed by atoms with van der Waals surface area (Å²) in [7, 11) is 1.73. The number of rotatable bonds is 5. The van der Waals surface area contributed by atoms with Crippen molar-refractivity contribution in [2.45, 2.75) is 38.7 Å². The van der Waals surface area contributed by atoms with Gasteiger partial charge in [-0.05, 0) is 26.2 Å². The van der Waals surface area contributed by atoms with Crippen LogP contribution >= 0.6 is 0 Å². The molecule has 6 heteroatoms. The van der Waals surface area contributed by atoms with E-state index in [0.29, 0.717) is 18.9 Å². The number of nitrogens with zero attached hydrogens (tertiary/aromatic N) is 3. The molecule has 110 valence electrons. The average Bonchev–Trinajstić information content (AvgIpc) is 2.94. The quantitative estimate of drug-likeness (QED) is 0.769. The fourth-order valence-electron chi connectivity index (χ4n) is 2.14. The predicted molar refractivity (Wildman–Crippen MR) is 73.4 cm³/mol. The lowest BCUT2D eigenvalue weighted by Gasteiger charge is -2.26. The Balaban J connectivity index is 1.90. The van der Waals surface area contributed by atoms with E-state index >= 15 is 0 Å². The van der Waals surface area contributed by atoms with Crippen LogP contribution < -0.4 is 0 Å². The van der Waals surface area contributed by atoms with E-state index in [1.807, 2.05) is 19.1 Å². The van der Waals surface area contributed by atoms with Gasteiger partial charge in [0.2, 0.25) is 5.89 Å². The Labute approximate surface area is 118 Å². The van der Waals surface area contributed by atoms with Crippen LogP contribution in [0.2, 0.25) is 0 Å². The Morgan fingerprint density at radius 3 is 3.00 bits per heavy atom. The van der Waals surface area contributed by atoms with E-state index in [1.54, 1.807) is 11.9 Å². The second-order valence-electron chi connectivity index (χ2n) is 4.95. The van der Waals surface area contributed by atoms with Crippen molar-refractivity contribution < 1.29 is 13.9 Å². The maximum Gasteiger partial charge on any atom is 0.311 e. The molecule has 1 aliphatic heterocycles. The molecular weight excluding hydrogens is 258 g/mol. The molecule has 1 saturated heterocycles. The normalized spacial score (nSPS) is 19.4. The van der Waals surface area contributed by atoms with Crippen LogP contribution in [0, 0.1) is 0 Å². The van der Waals surface area contributed by atoms with E-state index < -0.39 is 0 Å². The summed E-state index contributed by atoms with van der Waals surface area (Å²) in [4.78, 5) is 13.7. The van der Waals surface area contributed by atoms with E-state index in [1.165, 1.54) is 0 Å². The molecule has 20 heavy (non-hydrogen) atoms. The number of aromatic nitrogens is 2. The van der Waals surface area contributed by atoms with Crippen molar-refractivity contribution in [2.75, 3.05) is 20.2 Å². The summed E-state index contributed by atoms with van der Waals surface area (Å²) in [6.07, 6.45) is 7.72. The van der Waals surface area contributed by atoms with Crippen LogP contribution in [0.25, 0.3) is 0 Å². The van der Waals surface area contributed by atoms with Crippen LogP contribution in [-0.2, 0) is 11.2 Å². The molecule has 1 aromatic heterocycles. The van der Waals surface area contributed by atoms with Gasteiger partial charge in [0, 0.05) is 26.6 Å². The molecule has 0 radical (unpaired) electrons. The molecule has 1 atom stereocenters. The molecule has 2 rings (SSSR count). The fraction of sp³-hybridized carbons (Fsp3) is 0.643. The number of likely N-dealkylation sites (N-methyl/N-ethyl adjacent to an activating group) is 1. The topological polar surface area (TPSA) is 68.5 Å². The summed E-state index contributed by atoms with van der Waals surface area (Å²) in [5.74, 6) is 0.245. The number of allylic oxidation sites excluding steroid dienone is 2. The first-order valence-corrected chi connectivity index (χ1v) is 7.01. The number of carbonyl (C=O) groups is 1. The van der Waals surface area contributed by atoms with E-state index in [4.69, 9.17) is 9.15 Å². The van der Waals surface area contributed by atoms with Gasteiger partial charge in [-0.1, -0.05) is 12.2 Å². The Bertz CT molecular complexity index is 464. The van der Waals surface area contributed by atoms with Crippen LogP contribution in [0.1, 0.15) is 42.8 Å². The maximum absolute atomic E-state index is 12.2. The highest BCUT2D eigenvalue weighted by Gasteiger charge is 2.23. The van der Waals surface area contributed by atoms with Gasteiger partial charge in [0.25, 0.3) is 0 Å². The van der Waals surface area contributed by atoms with Gasteiger partial charge in [0.15, 0.2) is 0 Å². The molecule has 0 aromatic carbocycles. The number of carbonyl (C=O) groups excluding carboxylic acids is 1. The lowest BCUT2D eigenvalue weighted by atomic mass is 10.1. The van der Waals surface area contributed by atoms with Crippen LogP contribution in [0.4, 0.5) is 0 Å². The van der Waals surface area contributed by atoms with Gasteiger partial charge in [0.1, 0.15) is 0 Å². The zero-order valence-corrected chi connectivity index (χ0v) is 12.0. The largest absolute Gasteiger partial charge is 0.417 e. The van der Waals surface area contributed by atoms with Crippen molar-refractivity contribution >= 4 is 5.91 Å². The first-order chi connectivity index (χ1) is 9.70. The Kier molecular flexibility index (Phi) is 5.29. The van der Waals surface area contributed by atoms with Crippen molar-refractivity contribution in [1.82, 2.24) is 15.1 Å². The lowest BCUT2D eigenvalue weighted by molar-refractivity contribution is -0.000874. The van der Waals surface area contributed by atoms with Crippen LogP contribution in [0.15, 0.2) is 16.6 Å². The molecular formula is C14H21N3O3. The van der Waals surface area contributed by atoms with Gasteiger partial charge in [-0.3, -0.25) is 4.79 Å². The van der Waals surface area contributed by atoms with Crippen LogP contribution in [0.5, 0.6) is 0 Å². The summed E-state index contributed by atoms with van der Waals surface area (Å²) in [5, 5.41) is 7.66. The van der Waals surface area contributed by atoms with Gasteiger partial charge in [-0.2, -0.15) is 0 Å². The van der Waals surface area contributed by atoms with Crippen LogP contribution in [-0.4, -0.2) is 47.3 Å². The highest BCUT2D eigenvalue weighted by atomic mass is 16.5. The molecule has 1 unspecified atom stereocenters. The Hall–Kier alpha value is -1.69. The fourth-order valence-corrected chi connectivity index (χ4v) is 2.14. The van der Waals surface area contributed by atoms with Crippen molar-refractivity contribution in [3.63, 3.8) is 0 Å². The molecule has 0 aliphatic carbocycles. The second-order valence-corrected chi connectivity index (χ2v) is 4.95. The molecule has 0 spiro atoms. The van der Waals surface area contributed by atoms with Crippen LogP contribution in [0.3, 0.4) is 0 Å². The molecule has 0 saturated carbocycles. The Morgan fingerprint density at radius 2 is 2.30 bits per heavy atom. The maximum atomic E-state index is 12.2. The number of amides is 1. The minimum Gasteiger partial charge on any atom is -0.417 e. The van der Waals surface area contributed by atoms with Crippen molar-refractivity contribution in [3.8, 4) is 0 Å². The summed E-state index contributed by atoms with van der Waals surface area (Å²) >= 11 is 0. The van der Waals surface area contributed by atoms with Crippen molar-refractivity contribution in [2.24, 2.45) is 0 Å².